The van der Waals surface area contributed by atoms with Crippen LogP contribution in [0.2, 0.25) is 5.02 Å². The number of carbonyl (C=O) groups excluding carboxylic acids is 1. The van der Waals surface area contributed by atoms with Gasteiger partial charge in [0.2, 0.25) is 0 Å². The highest BCUT2D eigenvalue weighted by Crippen LogP contribution is 2.30. The van der Waals surface area contributed by atoms with Crippen LogP contribution in [0, 0.1) is 3.57 Å². The van der Waals surface area contributed by atoms with Gasteiger partial charge in [-0.25, -0.2) is 4.99 Å². The first-order valence-electron chi connectivity index (χ1n) is 7.52. The fourth-order valence-electron chi connectivity index (χ4n) is 2.14. The molecule has 7 heteroatoms. The number of aliphatic imine (C=N–C) groups is 1. The molecule has 0 bridgehead atoms. The first kappa shape index (κ1) is 18.3. The molecule has 1 fully saturated rings. The van der Waals surface area contributed by atoms with Crippen LogP contribution in [0.4, 0.5) is 5.69 Å². The summed E-state index contributed by atoms with van der Waals surface area (Å²) in [5.41, 5.74) is 1.68. The molecule has 0 unspecified atom stereocenters. The van der Waals surface area contributed by atoms with E-state index in [0.29, 0.717) is 21.7 Å². The van der Waals surface area contributed by atoms with Crippen molar-refractivity contribution in [3.8, 4) is 5.75 Å². The molecule has 1 aliphatic heterocycles. The third kappa shape index (κ3) is 4.77. The number of hydrogen-bond donors (Lipinski definition) is 1. The van der Waals surface area contributed by atoms with Gasteiger partial charge in [0.1, 0.15) is 5.75 Å². The lowest BCUT2D eigenvalue weighted by Gasteiger charge is -2.06. The minimum atomic E-state index is -0.151. The monoisotopic (exact) mass is 484 g/mol. The Morgan fingerprint density at radius 3 is 2.72 bits per heavy atom. The second kappa shape index (κ2) is 8.25. The third-order valence-corrected chi connectivity index (χ3v) is 5.27. The molecule has 1 amide bonds. The van der Waals surface area contributed by atoms with E-state index in [2.05, 4.69) is 32.9 Å². The summed E-state index contributed by atoms with van der Waals surface area (Å²) in [6, 6.07) is 13.0. The Balaban J connectivity index is 1.79. The van der Waals surface area contributed by atoms with Crippen LogP contribution in [0.15, 0.2) is 52.4 Å². The number of ether oxygens (including phenoxy) is 1. The van der Waals surface area contributed by atoms with Gasteiger partial charge in [-0.2, -0.15) is 0 Å². The molecule has 0 radical (unpaired) electrons. The van der Waals surface area contributed by atoms with E-state index in [1.165, 1.54) is 11.8 Å². The van der Waals surface area contributed by atoms with E-state index in [0.717, 1.165) is 20.6 Å². The quantitative estimate of drug-likeness (QED) is 0.477. The van der Waals surface area contributed by atoms with Gasteiger partial charge in [-0.3, -0.25) is 4.79 Å². The maximum atomic E-state index is 12.2. The van der Waals surface area contributed by atoms with Crippen molar-refractivity contribution in [2.45, 2.75) is 6.92 Å². The third-order valence-electron chi connectivity index (χ3n) is 3.26. The van der Waals surface area contributed by atoms with Crippen LogP contribution in [-0.4, -0.2) is 17.7 Å². The van der Waals surface area contributed by atoms with Gasteiger partial charge >= 0.3 is 0 Å². The molecule has 2 aromatic rings. The number of carbonyl (C=O) groups is 1. The fourth-order valence-corrected chi connectivity index (χ4v) is 3.81. The van der Waals surface area contributed by atoms with Crippen LogP contribution in [0.5, 0.6) is 5.75 Å². The lowest BCUT2D eigenvalue weighted by atomic mass is 10.2. The van der Waals surface area contributed by atoms with E-state index in [9.17, 15) is 4.79 Å². The summed E-state index contributed by atoms with van der Waals surface area (Å²) >= 11 is 9.41. The zero-order valence-electron chi connectivity index (χ0n) is 13.3. The summed E-state index contributed by atoms with van der Waals surface area (Å²) in [5, 5.41) is 3.99. The molecule has 0 atom stereocenters. The van der Waals surface area contributed by atoms with Crippen molar-refractivity contribution in [1.29, 1.82) is 0 Å². The van der Waals surface area contributed by atoms with Gasteiger partial charge in [-0.05, 0) is 89.3 Å². The van der Waals surface area contributed by atoms with E-state index < -0.39 is 0 Å². The lowest BCUT2D eigenvalue weighted by Crippen LogP contribution is -2.19. The van der Waals surface area contributed by atoms with Crippen LogP contribution < -0.4 is 10.1 Å². The minimum absolute atomic E-state index is 0.151. The Hall–Kier alpha value is -1.51. The van der Waals surface area contributed by atoms with Crippen molar-refractivity contribution in [3.05, 3.63) is 61.5 Å². The molecule has 1 aliphatic rings. The standard InChI is InChI=1S/C18H14ClIN2O2S/c1-2-24-15-8-3-11(9-14(15)20)10-16-17(23)22-18(25-16)21-13-6-4-12(19)5-7-13/h3-10H,2H2,1H3,(H,21,22,23)/b16-10-. The Morgan fingerprint density at radius 2 is 2.04 bits per heavy atom. The molecule has 128 valence electrons. The molecule has 0 saturated carbocycles. The van der Waals surface area contributed by atoms with E-state index in [1.807, 2.05) is 31.2 Å². The van der Waals surface area contributed by atoms with E-state index >= 15 is 0 Å². The Morgan fingerprint density at radius 1 is 1.28 bits per heavy atom. The second-order valence-corrected chi connectivity index (χ2v) is 7.71. The first-order valence-corrected chi connectivity index (χ1v) is 9.80. The number of amides is 1. The zero-order valence-corrected chi connectivity index (χ0v) is 17.0. The Labute approximate surface area is 168 Å². The topological polar surface area (TPSA) is 50.7 Å². The Bertz CT molecular complexity index is 866. The number of halogens is 2. The van der Waals surface area contributed by atoms with Gasteiger partial charge in [0.05, 0.1) is 20.8 Å². The minimum Gasteiger partial charge on any atom is -0.493 e. The number of thioether (sulfide) groups is 1. The predicted octanol–water partition coefficient (Wildman–Crippen LogP) is 5.23. The summed E-state index contributed by atoms with van der Waals surface area (Å²) in [7, 11) is 0. The molecular formula is C18H14ClIN2O2S. The molecular weight excluding hydrogens is 471 g/mol. The molecule has 1 heterocycles. The van der Waals surface area contributed by atoms with E-state index in [-0.39, 0.29) is 5.91 Å². The van der Waals surface area contributed by atoms with Crippen LogP contribution in [0.25, 0.3) is 6.08 Å². The Kier molecular flexibility index (Phi) is 6.03. The summed E-state index contributed by atoms with van der Waals surface area (Å²) in [6.45, 7) is 2.58. The maximum Gasteiger partial charge on any atom is 0.264 e. The number of rotatable bonds is 4. The van der Waals surface area contributed by atoms with Gasteiger partial charge in [-0.15, -0.1) is 0 Å². The summed E-state index contributed by atoms with van der Waals surface area (Å²) in [5.74, 6) is 0.695. The van der Waals surface area contributed by atoms with Crippen molar-refractivity contribution in [2.24, 2.45) is 4.99 Å². The molecule has 2 aromatic carbocycles. The number of amidine groups is 1. The smallest absolute Gasteiger partial charge is 0.264 e. The maximum absolute atomic E-state index is 12.2. The normalized spacial score (nSPS) is 17.2. The number of nitrogens with one attached hydrogen (secondary N) is 1. The summed E-state index contributed by atoms with van der Waals surface area (Å²) < 4.78 is 6.54. The van der Waals surface area contributed by atoms with Crippen molar-refractivity contribution in [1.82, 2.24) is 5.32 Å². The molecule has 3 rings (SSSR count). The fraction of sp³-hybridized carbons (Fsp3) is 0.111. The van der Waals surface area contributed by atoms with Crippen molar-refractivity contribution < 1.29 is 9.53 Å². The van der Waals surface area contributed by atoms with Gasteiger partial charge in [0.15, 0.2) is 5.17 Å². The average Bonchev–Trinajstić information content (AvgIpc) is 2.92. The number of hydrogen-bond acceptors (Lipinski definition) is 4. The number of benzene rings is 2. The average molecular weight is 485 g/mol. The largest absolute Gasteiger partial charge is 0.493 e. The molecule has 25 heavy (non-hydrogen) atoms. The number of nitrogens with zero attached hydrogens (tertiary/aromatic N) is 1. The summed E-state index contributed by atoms with van der Waals surface area (Å²) in [4.78, 5) is 17.2. The van der Waals surface area contributed by atoms with Crippen molar-refractivity contribution in [2.75, 3.05) is 6.61 Å². The van der Waals surface area contributed by atoms with E-state index in [4.69, 9.17) is 16.3 Å². The van der Waals surface area contributed by atoms with Crippen molar-refractivity contribution in [3.63, 3.8) is 0 Å². The molecule has 4 nitrogen and oxygen atoms in total. The molecule has 0 spiro atoms. The van der Waals surface area contributed by atoms with Crippen LogP contribution in [-0.2, 0) is 4.79 Å². The van der Waals surface area contributed by atoms with Gasteiger partial charge in [0.25, 0.3) is 5.91 Å². The van der Waals surface area contributed by atoms with Gasteiger partial charge in [0, 0.05) is 5.02 Å². The lowest BCUT2D eigenvalue weighted by molar-refractivity contribution is -0.115. The molecule has 0 aromatic heterocycles. The van der Waals surface area contributed by atoms with Gasteiger partial charge in [-0.1, -0.05) is 17.7 Å². The molecule has 1 N–H and O–H groups in total. The van der Waals surface area contributed by atoms with E-state index in [1.54, 1.807) is 24.3 Å². The highest BCUT2D eigenvalue weighted by molar-refractivity contribution is 14.1. The first-order chi connectivity index (χ1) is 12.0. The van der Waals surface area contributed by atoms with Gasteiger partial charge < -0.3 is 10.1 Å². The zero-order chi connectivity index (χ0) is 17.8. The second-order valence-electron chi connectivity index (χ2n) is 5.08. The highest BCUT2D eigenvalue weighted by atomic mass is 127. The predicted molar refractivity (Wildman–Crippen MR) is 113 cm³/mol. The van der Waals surface area contributed by atoms with Crippen LogP contribution in [0.1, 0.15) is 12.5 Å². The van der Waals surface area contributed by atoms with Crippen LogP contribution in [0.3, 0.4) is 0 Å². The van der Waals surface area contributed by atoms with Crippen molar-refractivity contribution >= 4 is 68.8 Å². The SMILES string of the molecule is CCOc1ccc(/C=C2\SC(=Nc3ccc(Cl)cc3)NC2=O)cc1I. The van der Waals surface area contributed by atoms with Crippen LogP contribution >= 0.6 is 46.0 Å². The highest BCUT2D eigenvalue weighted by Gasteiger charge is 2.23. The molecule has 1 saturated heterocycles. The summed E-state index contributed by atoms with van der Waals surface area (Å²) in [6.07, 6.45) is 1.85. The molecule has 0 aliphatic carbocycles.